The summed E-state index contributed by atoms with van der Waals surface area (Å²) in [6.07, 6.45) is 4.20. The number of hydrogen-bond acceptors (Lipinski definition) is 10. The molecule has 0 saturated carbocycles. The minimum Gasteiger partial charge on any atom is -0.325 e. The average Bonchev–Trinajstić information content (AvgIpc) is 3.71. The van der Waals surface area contributed by atoms with Gasteiger partial charge in [-0.1, -0.05) is 59.9 Å². The standard InChI is InChI=1S/C28H26N8O2S3/c37-21(29-17-9-3-1-4-10-17)15-39-27-33-31-24-23-19-13-7-8-14-20(19)41-25(23)36-26(35(24)27)32-34-28(36)40-16-22(38)30-18-11-5-2-6-12-18/h1-6,9-12,24,31H,7-8,13-16H2,(H,29,37)(H,30,38). The maximum atomic E-state index is 12.7. The molecule has 2 aromatic carbocycles. The van der Waals surface area contributed by atoms with E-state index in [1.807, 2.05) is 65.6 Å². The molecule has 208 valence electrons. The molecule has 2 aromatic heterocycles. The number of carbonyl (C=O) groups excluding carboxylic acids is 2. The van der Waals surface area contributed by atoms with Crippen LogP contribution in [0.1, 0.15) is 35.0 Å². The third kappa shape index (κ3) is 5.09. The van der Waals surface area contributed by atoms with Crippen LogP contribution in [0.3, 0.4) is 0 Å². The lowest BCUT2D eigenvalue weighted by molar-refractivity contribution is -0.114. The van der Waals surface area contributed by atoms with Gasteiger partial charge in [-0.05, 0) is 55.5 Å². The van der Waals surface area contributed by atoms with Crippen LogP contribution in [-0.4, -0.2) is 43.3 Å². The number of amides is 2. The van der Waals surface area contributed by atoms with Gasteiger partial charge < -0.3 is 10.6 Å². The molecule has 10 nitrogen and oxygen atoms in total. The predicted molar refractivity (Wildman–Crippen MR) is 165 cm³/mol. The van der Waals surface area contributed by atoms with Gasteiger partial charge in [0.1, 0.15) is 5.00 Å². The summed E-state index contributed by atoms with van der Waals surface area (Å²) in [5.41, 5.74) is 7.40. The molecule has 1 aliphatic carbocycles. The zero-order valence-corrected chi connectivity index (χ0v) is 24.3. The Morgan fingerprint density at radius 3 is 2.27 bits per heavy atom. The molecule has 1 atom stereocenters. The van der Waals surface area contributed by atoms with E-state index in [0.717, 1.165) is 35.6 Å². The van der Waals surface area contributed by atoms with Crippen LogP contribution in [0, 0.1) is 0 Å². The smallest absolute Gasteiger partial charge is 0.241 e. The summed E-state index contributed by atoms with van der Waals surface area (Å²) in [6.45, 7) is 0. The zero-order valence-electron chi connectivity index (χ0n) is 21.9. The quantitative estimate of drug-likeness (QED) is 0.253. The molecule has 2 aliphatic heterocycles. The van der Waals surface area contributed by atoms with E-state index in [4.69, 9.17) is 0 Å². The van der Waals surface area contributed by atoms with Gasteiger partial charge in [-0.25, -0.2) is 4.57 Å². The SMILES string of the molecule is O=C(CSC1=NNC2c3c(sc4c3CCCC4)-n3c(SCC(=O)Nc4ccccc4)nnc3N12)Nc1ccccc1. The molecule has 0 saturated heterocycles. The molecule has 41 heavy (non-hydrogen) atoms. The molecule has 4 aromatic rings. The number of anilines is 3. The highest BCUT2D eigenvalue weighted by Crippen LogP contribution is 2.49. The molecule has 0 spiro atoms. The number of carbonyl (C=O) groups is 2. The monoisotopic (exact) mass is 602 g/mol. The molecule has 4 heterocycles. The molecule has 0 bridgehead atoms. The number of hydrogen-bond donors (Lipinski definition) is 3. The van der Waals surface area contributed by atoms with Gasteiger partial charge in [-0.2, -0.15) is 5.10 Å². The van der Waals surface area contributed by atoms with Gasteiger partial charge >= 0.3 is 0 Å². The minimum absolute atomic E-state index is 0.108. The van der Waals surface area contributed by atoms with Crippen LogP contribution in [0.5, 0.6) is 0 Å². The van der Waals surface area contributed by atoms with Crippen LogP contribution >= 0.6 is 34.9 Å². The Balaban J connectivity index is 1.14. The number of benzene rings is 2. The van der Waals surface area contributed by atoms with E-state index in [-0.39, 0.29) is 29.5 Å². The van der Waals surface area contributed by atoms with Crippen LogP contribution < -0.4 is 21.0 Å². The molecular formula is C28H26N8O2S3. The van der Waals surface area contributed by atoms with Gasteiger partial charge in [0.2, 0.25) is 17.8 Å². The Kier molecular flexibility index (Phi) is 7.15. The second-order valence-electron chi connectivity index (χ2n) is 9.75. The predicted octanol–water partition coefficient (Wildman–Crippen LogP) is 5.00. The number of aromatic nitrogens is 3. The van der Waals surface area contributed by atoms with Crippen LogP contribution in [0.15, 0.2) is 70.9 Å². The number of amidine groups is 1. The van der Waals surface area contributed by atoms with Gasteiger partial charge in [0.05, 0.1) is 11.5 Å². The Labute approximate surface area is 249 Å². The van der Waals surface area contributed by atoms with E-state index in [1.54, 1.807) is 11.3 Å². The first kappa shape index (κ1) is 26.1. The van der Waals surface area contributed by atoms with Crippen LogP contribution in [-0.2, 0) is 22.4 Å². The number of para-hydroxylation sites is 2. The maximum Gasteiger partial charge on any atom is 0.241 e. The van der Waals surface area contributed by atoms with Crippen molar-refractivity contribution in [3.63, 3.8) is 0 Å². The number of fused-ring (bicyclic) bond motifs is 8. The van der Waals surface area contributed by atoms with Crippen molar-refractivity contribution in [2.24, 2.45) is 5.10 Å². The van der Waals surface area contributed by atoms with Crippen molar-refractivity contribution in [3.8, 4) is 5.00 Å². The fourth-order valence-electron chi connectivity index (χ4n) is 5.25. The van der Waals surface area contributed by atoms with E-state index in [0.29, 0.717) is 16.3 Å². The molecule has 13 heteroatoms. The fraction of sp³-hybridized carbons (Fsp3) is 0.250. The number of aryl methyl sites for hydroxylation is 1. The van der Waals surface area contributed by atoms with Gasteiger partial charge in [-0.3, -0.25) is 19.9 Å². The van der Waals surface area contributed by atoms with Gasteiger partial charge in [0.15, 0.2) is 16.5 Å². The molecule has 0 fully saturated rings. The van der Waals surface area contributed by atoms with Crippen molar-refractivity contribution in [1.29, 1.82) is 0 Å². The lowest BCUT2D eigenvalue weighted by Crippen LogP contribution is -2.38. The van der Waals surface area contributed by atoms with Crippen molar-refractivity contribution >= 4 is 69.2 Å². The summed E-state index contributed by atoms with van der Waals surface area (Å²) >= 11 is 4.50. The van der Waals surface area contributed by atoms with E-state index in [9.17, 15) is 9.59 Å². The highest BCUT2D eigenvalue weighted by molar-refractivity contribution is 8.14. The van der Waals surface area contributed by atoms with Gasteiger partial charge in [0.25, 0.3) is 0 Å². The summed E-state index contributed by atoms with van der Waals surface area (Å²) in [4.78, 5) is 28.9. The van der Waals surface area contributed by atoms with Crippen molar-refractivity contribution in [3.05, 3.63) is 76.7 Å². The summed E-state index contributed by atoms with van der Waals surface area (Å²) in [6, 6.07) is 18.8. The number of thiophene rings is 1. The molecule has 3 N–H and O–H groups in total. The molecular weight excluding hydrogens is 577 g/mol. The summed E-state index contributed by atoms with van der Waals surface area (Å²) < 4.78 is 2.06. The Morgan fingerprint density at radius 2 is 1.56 bits per heavy atom. The zero-order chi connectivity index (χ0) is 27.8. The first-order chi connectivity index (χ1) is 20.2. The number of nitrogens with zero attached hydrogens (tertiary/aromatic N) is 5. The van der Waals surface area contributed by atoms with Crippen LogP contribution in [0.2, 0.25) is 0 Å². The second kappa shape index (κ2) is 11.2. The summed E-state index contributed by atoms with van der Waals surface area (Å²) in [5, 5.41) is 22.0. The summed E-state index contributed by atoms with van der Waals surface area (Å²) in [5.74, 6) is 0.808. The molecule has 7 rings (SSSR count). The van der Waals surface area contributed by atoms with E-state index < -0.39 is 0 Å². The minimum atomic E-state index is -0.210. The largest absolute Gasteiger partial charge is 0.325 e. The van der Waals surface area contributed by atoms with Crippen LogP contribution in [0.25, 0.3) is 5.00 Å². The third-order valence-corrected chi connectivity index (χ3v) is 10.2. The third-order valence-electron chi connectivity index (χ3n) is 7.03. The van der Waals surface area contributed by atoms with Crippen LogP contribution in [0.4, 0.5) is 17.3 Å². The Hall–Kier alpha value is -3.81. The fourth-order valence-corrected chi connectivity index (χ4v) is 8.23. The maximum absolute atomic E-state index is 12.7. The number of thioether (sulfide) groups is 2. The molecule has 3 aliphatic rings. The first-order valence-corrected chi connectivity index (χ1v) is 16.1. The van der Waals surface area contributed by atoms with E-state index in [2.05, 4.69) is 35.9 Å². The average molecular weight is 603 g/mol. The normalized spacial score (nSPS) is 16.5. The topological polar surface area (TPSA) is 117 Å². The van der Waals surface area contributed by atoms with E-state index in [1.165, 1.54) is 45.9 Å². The lowest BCUT2D eigenvalue weighted by Gasteiger charge is -2.31. The van der Waals surface area contributed by atoms with Crippen molar-refractivity contribution in [2.75, 3.05) is 27.0 Å². The molecule has 0 radical (unpaired) electrons. The van der Waals surface area contributed by atoms with Gasteiger partial charge in [-0.15, -0.1) is 21.5 Å². The number of hydrazone groups is 1. The van der Waals surface area contributed by atoms with Gasteiger partial charge in [0, 0.05) is 21.8 Å². The Bertz CT molecular complexity index is 1640. The Morgan fingerprint density at radius 1 is 0.902 bits per heavy atom. The molecule has 1 unspecified atom stereocenters. The van der Waals surface area contributed by atoms with Crippen molar-refractivity contribution in [2.45, 2.75) is 37.0 Å². The number of nitrogens with one attached hydrogen (secondary N) is 3. The molecule has 2 amide bonds. The van der Waals surface area contributed by atoms with Crippen molar-refractivity contribution < 1.29 is 9.59 Å². The van der Waals surface area contributed by atoms with Crippen molar-refractivity contribution in [1.82, 2.24) is 20.2 Å². The number of rotatable bonds is 7. The second-order valence-corrected chi connectivity index (χ2v) is 12.7. The van der Waals surface area contributed by atoms with E-state index >= 15 is 0 Å². The first-order valence-electron chi connectivity index (χ1n) is 13.3. The summed E-state index contributed by atoms with van der Waals surface area (Å²) in [7, 11) is 0. The highest BCUT2D eigenvalue weighted by Gasteiger charge is 2.44. The lowest BCUT2D eigenvalue weighted by atomic mass is 9.94. The highest BCUT2D eigenvalue weighted by atomic mass is 32.2.